The van der Waals surface area contributed by atoms with Crippen molar-refractivity contribution in [2.45, 2.75) is 19.8 Å². The molecule has 4 nitrogen and oxygen atoms in total. The van der Waals surface area contributed by atoms with E-state index < -0.39 is 0 Å². The third-order valence-electron chi connectivity index (χ3n) is 2.75. The van der Waals surface area contributed by atoms with Crippen LogP contribution in [0.15, 0.2) is 24.3 Å². The van der Waals surface area contributed by atoms with Crippen molar-refractivity contribution in [3.8, 4) is 0 Å². The number of hydrogen-bond donors (Lipinski definition) is 1. The first-order valence-electron chi connectivity index (χ1n) is 6.79. The number of rotatable bonds is 8. The van der Waals surface area contributed by atoms with E-state index >= 15 is 0 Å². The Hall–Kier alpha value is -1.26. The number of benzene rings is 1. The molecule has 0 atom stereocenters. The zero-order valence-electron chi connectivity index (χ0n) is 12.5. The third kappa shape index (κ3) is 7.36. The van der Waals surface area contributed by atoms with Gasteiger partial charge < -0.3 is 27.4 Å². The molecular weight excluding hydrogens is 276 g/mol. The first-order chi connectivity index (χ1) is 9.13. The van der Waals surface area contributed by atoms with Crippen LogP contribution in [0.1, 0.15) is 30.1 Å². The van der Waals surface area contributed by atoms with Crippen LogP contribution in [0.5, 0.6) is 0 Å². The van der Waals surface area contributed by atoms with Gasteiger partial charge in [-0.25, -0.2) is 4.79 Å². The Balaban J connectivity index is 0.00000361. The second-order valence-electron chi connectivity index (χ2n) is 4.80. The van der Waals surface area contributed by atoms with Gasteiger partial charge in [-0.05, 0) is 44.8 Å². The average Bonchev–Trinajstić information content (AvgIpc) is 2.39. The van der Waals surface area contributed by atoms with Gasteiger partial charge in [0, 0.05) is 18.8 Å². The summed E-state index contributed by atoms with van der Waals surface area (Å²) in [7, 11) is 3.90. The summed E-state index contributed by atoms with van der Waals surface area (Å²) >= 11 is 0. The van der Waals surface area contributed by atoms with Crippen molar-refractivity contribution in [2.75, 3.05) is 39.1 Å². The lowest BCUT2D eigenvalue weighted by Gasteiger charge is -2.10. The number of nitrogens with one attached hydrogen (secondary N) is 1. The predicted molar refractivity (Wildman–Crippen MR) is 78.7 cm³/mol. The minimum Gasteiger partial charge on any atom is -1.00 e. The van der Waals surface area contributed by atoms with Gasteiger partial charge in [0.25, 0.3) is 0 Å². The largest absolute Gasteiger partial charge is 1.00 e. The molecule has 5 heteroatoms. The second kappa shape index (κ2) is 10.5. The quantitative estimate of drug-likeness (QED) is 0.525. The molecule has 0 saturated heterocycles. The first-order valence-corrected chi connectivity index (χ1v) is 6.79. The highest BCUT2D eigenvalue weighted by Gasteiger charge is 2.06. The highest BCUT2D eigenvalue weighted by Crippen LogP contribution is 2.10. The fraction of sp³-hybridized carbons (Fsp3) is 0.533. The molecule has 0 aliphatic rings. The summed E-state index contributed by atoms with van der Waals surface area (Å²) < 4.78 is 5.18. The highest BCUT2D eigenvalue weighted by atomic mass is 35.5. The van der Waals surface area contributed by atoms with Crippen LogP contribution in [0.4, 0.5) is 5.69 Å². The van der Waals surface area contributed by atoms with Gasteiger partial charge in [0.2, 0.25) is 0 Å². The number of halogens is 1. The van der Waals surface area contributed by atoms with Gasteiger partial charge in [-0.15, -0.1) is 0 Å². The Kier molecular flexibility index (Phi) is 9.86. The molecule has 0 fully saturated rings. The smallest absolute Gasteiger partial charge is 0.338 e. The number of carbonyl (C=O) groups is 1. The van der Waals surface area contributed by atoms with Crippen molar-refractivity contribution in [3.05, 3.63) is 29.8 Å². The molecule has 1 aromatic carbocycles. The molecule has 1 rings (SSSR count). The molecule has 0 aliphatic carbocycles. The molecule has 1 N–H and O–H groups in total. The lowest BCUT2D eigenvalue weighted by atomic mass is 10.2. The van der Waals surface area contributed by atoms with Crippen molar-refractivity contribution in [1.29, 1.82) is 0 Å². The standard InChI is InChI=1S/C15H24N2O2.ClH/c1-4-5-10-16-14-8-6-13(7-9-14)15(18)19-12-11-17(2)3;/h6-9,16H,4-5,10-12H2,1-3H3;1H/p-1. The molecule has 0 spiro atoms. The molecule has 0 aliphatic heterocycles. The summed E-state index contributed by atoms with van der Waals surface area (Å²) in [6.45, 7) is 4.28. The summed E-state index contributed by atoms with van der Waals surface area (Å²) in [5, 5.41) is 3.31. The Labute approximate surface area is 127 Å². The van der Waals surface area contributed by atoms with Gasteiger partial charge in [0.1, 0.15) is 6.61 Å². The Morgan fingerprint density at radius 3 is 2.45 bits per heavy atom. The molecule has 0 saturated carbocycles. The highest BCUT2D eigenvalue weighted by molar-refractivity contribution is 5.89. The van der Waals surface area contributed by atoms with Crippen LogP contribution in [0.25, 0.3) is 0 Å². The summed E-state index contributed by atoms with van der Waals surface area (Å²) in [6.07, 6.45) is 2.32. The Bertz CT molecular complexity index is 380. The molecule has 0 bridgehead atoms. The van der Waals surface area contributed by atoms with Gasteiger partial charge in [-0.2, -0.15) is 0 Å². The van der Waals surface area contributed by atoms with Crippen LogP contribution < -0.4 is 17.7 Å². The van der Waals surface area contributed by atoms with E-state index in [-0.39, 0.29) is 18.4 Å². The first kappa shape index (κ1) is 18.7. The number of ether oxygens (including phenoxy) is 1. The van der Waals surface area contributed by atoms with E-state index in [4.69, 9.17) is 4.74 Å². The van der Waals surface area contributed by atoms with Crippen LogP contribution in [0, 0.1) is 0 Å². The van der Waals surface area contributed by atoms with Crippen LogP contribution >= 0.6 is 0 Å². The fourth-order valence-electron chi connectivity index (χ4n) is 1.54. The van der Waals surface area contributed by atoms with E-state index in [2.05, 4.69) is 12.2 Å². The van der Waals surface area contributed by atoms with Gasteiger partial charge in [0.15, 0.2) is 0 Å². The molecule has 0 unspecified atom stereocenters. The maximum atomic E-state index is 11.7. The number of unbranched alkanes of at least 4 members (excludes halogenated alkanes) is 1. The van der Waals surface area contributed by atoms with Gasteiger partial charge in [-0.3, -0.25) is 0 Å². The molecule has 0 amide bonds. The Morgan fingerprint density at radius 1 is 1.25 bits per heavy atom. The summed E-state index contributed by atoms with van der Waals surface area (Å²) in [5.74, 6) is -0.262. The van der Waals surface area contributed by atoms with E-state index in [1.54, 1.807) is 12.1 Å². The van der Waals surface area contributed by atoms with Crippen molar-refractivity contribution in [1.82, 2.24) is 4.90 Å². The summed E-state index contributed by atoms with van der Waals surface area (Å²) in [4.78, 5) is 13.7. The van der Waals surface area contributed by atoms with Crippen molar-refractivity contribution in [2.24, 2.45) is 0 Å². The number of esters is 1. The van der Waals surface area contributed by atoms with Crippen molar-refractivity contribution >= 4 is 11.7 Å². The Morgan fingerprint density at radius 2 is 1.90 bits per heavy atom. The van der Waals surface area contributed by atoms with Crippen molar-refractivity contribution in [3.63, 3.8) is 0 Å². The van der Waals surface area contributed by atoms with Crippen LogP contribution in [0.3, 0.4) is 0 Å². The molecule has 20 heavy (non-hydrogen) atoms. The monoisotopic (exact) mass is 299 g/mol. The van der Waals surface area contributed by atoms with Gasteiger partial charge >= 0.3 is 5.97 Å². The molecule has 1 aromatic rings. The van der Waals surface area contributed by atoms with Gasteiger partial charge in [0.05, 0.1) is 5.56 Å². The number of hydrogen-bond acceptors (Lipinski definition) is 4. The lowest BCUT2D eigenvalue weighted by Crippen LogP contribution is -3.00. The van der Waals surface area contributed by atoms with Crippen LogP contribution in [-0.2, 0) is 4.74 Å². The summed E-state index contributed by atoms with van der Waals surface area (Å²) in [5.41, 5.74) is 1.64. The number of carbonyl (C=O) groups excluding carboxylic acids is 1. The van der Waals surface area contributed by atoms with E-state index in [1.807, 2.05) is 31.1 Å². The third-order valence-corrected chi connectivity index (χ3v) is 2.75. The van der Waals surface area contributed by atoms with Crippen LogP contribution in [-0.4, -0.2) is 44.7 Å². The average molecular weight is 300 g/mol. The number of nitrogens with zero attached hydrogens (tertiary/aromatic N) is 1. The zero-order chi connectivity index (χ0) is 14.1. The summed E-state index contributed by atoms with van der Waals surface area (Å²) in [6, 6.07) is 7.43. The van der Waals surface area contributed by atoms with Crippen LogP contribution in [0.2, 0.25) is 0 Å². The topological polar surface area (TPSA) is 41.6 Å². The number of anilines is 1. The molecule has 0 radical (unpaired) electrons. The maximum Gasteiger partial charge on any atom is 0.338 e. The molecule has 0 aromatic heterocycles. The molecule has 114 valence electrons. The minimum atomic E-state index is -0.262. The fourth-order valence-corrected chi connectivity index (χ4v) is 1.54. The van der Waals surface area contributed by atoms with E-state index in [0.717, 1.165) is 25.2 Å². The van der Waals surface area contributed by atoms with Crippen molar-refractivity contribution < 1.29 is 21.9 Å². The van der Waals surface area contributed by atoms with E-state index in [9.17, 15) is 4.79 Å². The predicted octanol–water partition coefficient (Wildman–Crippen LogP) is -0.379. The molecule has 0 heterocycles. The van der Waals surface area contributed by atoms with Gasteiger partial charge in [-0.1, -0.05) is 13.3 Å². The number of likely N-dealkylation sites (N-methyl/N-ethyl adjacent to an activating group) is 1. The minimum absolute atomic E-state index is 0. The van der Waals surface area contributed by atoms with E-state index in [1.165, 1.54) is 6.42 Å². The van der Waals surface area contributed by atoms with E-state index in [0.29, 0.717) is 12.2 Å². The second-order valence-corrected chi connectivity index (χ2v) is 4.80. The lowest BCUT2D eigenvalue weighted by molar-refractivity contribution is -0.0000233. The normalized spacial score (nSPS) is 10.0. The SMILES string of the molecule is CCCCNc1ccc(C(=O)OCCN(C)C)cc1.[Cl-]. The zero-order valence-corrected chi connectivity index (χ0v) is 13.2. The molecular formula is C15H24ClN2O2-. The maximum absolute atomic E-state index is 11.7.